The fraction of sp³-hybridized carbons (Fsp3) is 0.304. The van der Waals surface area contributed by atoms with E-state index in [1.54, 1.807) is 75.2 Å². The molecule has 4 aromatic rings. The molecule has 7 rings (SSSR count). The van der Waals surface area contributed by atoms with Crippen LogP contribution in [-0.4, -0.2) is 88.4 Å². The fourth-order valence-corrected chi connectivity index (χ4v) is 9.87. The van der Waals surface area contributed by atoms with Crippen LogP contribution >= 0.6 is 0 Å². The molecule has 1 fully saturated rings. The van der Waals surface area contributed by atoms with Crippen LogP contribution in [0.2, 0.25) is 0 Å². The zero-order chi connectivity index (χ0) is 41.2. The van der Waals surface area contributed by atoms with Crippen LogP contribution in [0.15, 0.2) is 133 Å². The molecule has 2 aliphatic heterocycles. The number of hydrogen-bond donors (Lipinski definition) is 0. The van der Waals surface area contributed by atoms with Gasteiger partial charge < -0.3 is 38.2 Å². The van der Waals surface area contributed by atoms with E-state index in [9.17, 15) is 9.59 Å². The average Bonchev–Trinajstić information content (AvgIpc) is 3.26. The van der Waals surface area contributed by atoms with E-state index < -0.39 is 58.6 Å². The molecule has 3 aliphatic rings. The molecule has 0 N–H and O–H groups in total. The molecule has 2 heterocycles. The number of carbonyl (C=O) groups is 4. The van der Waals surface area contributed by atoms with Crippen LogP contribution in [0.1, 0.15) is 34.1 Å². The fourth-order valence-electron chi connectivity index (χ4n) is 9.87. The Morgan fingerprint density at radius 2 is 0.828 bits per heavy atom. The van der Waals surface area contributed by atoms with E-state index in [4.69, 9.17) is 28.4 Å². The molecule has 0 bridgehead atoms. The molecular formula is C46H46N2O10. The highest BCUT2D eigenvalue weighted by atomic mass is 16.5. The molecule has 0 amide bonds. The Labute approximate surface area is 337 Å². The summed E-state index contributed by atoms with van der Waals surface area (Å²) in [4.78, 5) is 63.1. The maximum Gasteiger partial charge on any atom is 0.335 e. The summed E-state index contributed by atoms with van der Waals surface area (Å²) in [6, 6.07) is 31.0. The van der Waals surface area contributed by atoms with Gasteiger partial charge in [-0.25, -0.2) is 9.59 Å². The minimum atomic E-state index is -1.73. The van der Waals surface area contributed by atoms with Gasteiger partial charge in [0.1, 0.15) is 22.3 Å². The number of esters is 4. The molecule has 0 atom stereocenters. The lowest BCUT2D eigenvalue weighted by molar-refractivity contribution is -0.250. The van der Waals surface area contributed by atoms with Crippen molar-refractivity contribution in [2.75, 3.05) is 42.7 Å². The number of rotatable bonds is 12. The molecule has 58 heavy (non-hydrogen) atoms. The van der Waals surface area contributed by atoms with Gasteiger partial charge in [-0.1, -0.05) is 84.9 Å². The number of ether oxygens (including phenoxy) is 6. The van der Waals surface area contributed by atoms with Gasteiger partial charge in [0.25, 0.3) is 0 Å². The van der Waals surface area contributed by atoms with Gasteiger partial charge in [-0.3, -0.25) is 9.59 Å². The van der Waals surface area contributed by atoms with Gasteiger partial charge in [0.15, 0.2) is 0 Å². The Morgan fingerprint density at radius 3 is 1.12 bits per heavy atom. The highest BCUT2D eigenvalue weighted by molar-refractivity contribution is 6.01. The lowest BCUT2D eigenvalue weighted by atomic mass is 9.33. The minimum Gasteiger partial charge on any atom is -0.497 e. The van der Waals surface area contributed by atoms with Crippen LogP contribution in [0, 0.1) is 10.8 Å². The SMILES string of the molecule is COC(=O)C1=CN(Cc2ccccc2)C2C(C(=O)OC)(C3N(Cc4ccccc4)C=C(C(=O)OC)[C@H](c4ccc(OC)cc4)C23C(=O)OC)[C@H]1c1ccc(OC)cc1. The molecular weight excluding hydrogens is 741 g/mol. The number of methoxy groups -OCH3 is 6. The second kappa shape index (κ2) is 16.1. The summed E-state index contributed by atoms with van der Waals surface area (Å²) >= 11 is 0. The number of nitrogens with zero attached hydrogens (tertiary/aromatic N) is 2. The Morgan fingerprint density at radius 1 is 0.483 bits per heavy atom. The van der Waals surface area contributed by atoms with E-state index in [-0.39, 0.29) is 24.2 Å². The van der Waals surface area contributed by atoms with Gasteiger partial charge in [0.05, 0.1) is 65.9 Å². The van der Waals surface area contributed by atoms with E-state index in [1.165, 1.54) is 28.4 Å². The van der Waals surface area contributed by atoms with Crippen molar-refractivity contribution >= 4 is 23.9 Å². The third-order valence-electron chi connectivity index (χ3n) is 11.9. The summed E-state index contributed by atoms with van der Waals surface area (Å²) in [5.41, 5.74) is -0.309. The molecule has 12 nitrogen and oxygen atoms in total. The Balaban J connectivity index is 1.65. The summed E-state index contributed by atoms with van der Waals surface area (Å²) < 4.78 is 33.7. The van der Waals surface area contributed by atoms with Crippen LogP contribution < -0.4 is 9.47 Å². The highest BCUT2D eigenvalue weighted by Gasteiger charge is 2.87. The van der Waals surface area contributed by atoms with E-state index in [1.807, 2.05) is 70.5 Å². The third kappa shape index (κ3) is 6.14. The van der Waals surface area contributed by atoms with Crippen LogP contribution in [0.25, 0.3) is 0 Å². The normalized spacial score (nSPS) is 24.4. The van der Waals surface area contributed by atoms with Gasteiger partial charge in [-0.15, -0.1) is 0 Å². The van der Waals surface area contributed by atoms with Crippen molar-refractivity contribution in [3.8, 4) is 11.5 Å². The maximum absolute atomic E-state index is 15.5. The summed E-state index contributed by atoms with van der Waals surface area (Å²) in [7, 11) is 8.28. The van der Waals surface area contributed by atoms with Crippen molar-refractivity contribution in [1.82, 2.24) is 9.80 Å². The summed E-state index contributed by atoms with van der Waals surface area (Å²) in [5, 5.41) is 0. The first-order chi connectivity index (χ1) is 28.1. The standard InChI is InChI=1S/C46H46N2O10/c1-53-33-21-17-31(18-22-33)37-35(39(49)55-3)27-47(25-29-13-9-7-10-14-29)41-45(37,43(51)57-5)42-46(41,44(52)58-6)38(32-19-23-34(54-2)24-20-32)36(40(50)56-4)28-48(42)26-30-15-11-8-12-16-30/h7-24,27-28,37-38,41-42H,25-26H2,1-6H3/t37-,38-,41?,42?,45?,46?/m0/s1. The second-order valence-electron chi connectivity index (χ2n) is 14.5. The largest absolute Gasteiger partial charge is 0.497 e. The first kappa shape index (κ1) is 39.7. The topological polar surface area (TPSA) is 130 Å². The molecule has 1 aliphatic carbocycles. The average molecular weight is 787 g/mol. The molecule has 4 aromatic carbocycles. The minimum absolute atomic E-state index is 0.150. The van der Waals surface area contributed by atoms with E-state index in [2.05, 4.69) is 0 Å². The van der Waals surface area contributed by atoms with Crippen molar-refractivity contribution in [2.24, 2.45) is 10.8 Å². The maximum atomic E-state index is 15.5. The highest BCUT2D eigenvalue weighted by Crippen LogP contribution is 2.75. The lowest BCUT2D eigenvalue weighted by Crippen LogP contribution is -2.88. The van der Waals surface area contributed by atoms with Crippen molar-refractivity contribution in [2.45, 2.75) is 37.0 Å². The first-order valence-electron chi connectivity index (χ1n) is 18.8. The van der Waals surface area contributed by atoms with Gasteiger partial charge >= 0.3 is 23.9 Å². The third-order valence-corrected chi connectivity index (χ3v) is 11.9. The zero-order valence-electron chi connectivity index (χ0n) is 33.2. The molecule has 0 radical (unpaired) electrons. The molecule has 12 heteroatoms. The summed E-state index contributed by atoms with van der Waals surface area (Å²) in [6.45, 7) is 0.299. The predicted molar refractivity (Wildman–Crippen MR) is 212 cm³/mol. The Bertz CT molecular complexity index is 2050. The van der Waals surface area contributed by atoms with Crippen LogP contribution in [0.5, 0.6) is 11.5 Å². The van der Waals surface area contributed by atoms with Crippen molar-refractivity contribution in [3.63, 3.8) is 0 Å². The van der Waals surface area contributed by atoms with Gasteiger partial charge in [-0.2, -0.15) is 0 Å². The quantitative estimate of drug-likeness (QED) is 0.127. The first-order valence-corrected chi connectivity index (χ1v) is 18.8. The molecule has 0 unspecified atom stereocenters. The lowest BCUT2D eigenvalue weighted by Gasteiger charge is -2.75. The number of hydrogen-bond acceptors (Lipinski definition) is 12. The van der Waals surface area contributed by atoms with Crippen LogP contribution in [-0.2, 0) is 51.2 Å². The Kier molecular flexibility index (Phi) is 11.0. The van der Waals surface area contributed by atoms with Gasteiger partial charge in [0, 0.05) is 37.3 Å². The van der Waals surface area contributed by atoms with Crippen molar-refractivity contribution in [1.29, 1.82) is 0 Å². The molecule has 0 spiro atoms. The molecule has 0 aromatic heterocycles. The zero-order valence-corrected chi connectivity index (χ0v) is 33.2. The van der Waals surface area contributed by atoms with E-state index >= 15 is 9.59 Å². The van der Waals surface area contributed by atoms with E-state index in [0.717, 1.165) is 11.1 Å². The molecule has 1 saturated carbocycles. The van der Waals surface area contributed by atoms with Gasteiger partial charge in [-0.05, 0) is 46.5 Å². The van der Waals surface area contributed by atoms with Gasteiger partial charge in [0.2, 0.25) is 0 Å². The molecule has 300 valence electrons. The number of benzene rings is 4. The Hall–Kier alpha value is -6.56. The molecule has 0 saturated heterocycles. The number of carbonyl (C=O) groups excluding carboxylic acids is 4. The van der Waals surface area contributed by atoms with Crippen molar-refractivity contribution < 1.29 is 47.6 Å². The summed E-state index contributed by atoms with van der Waals surface area (Å²) in [6.07, 6.45) is 3.37. The predicted octanol–water partition coefficient (Wildman–Crippen LogP) is 5.79. The van der Waals surface area contributed by atoms with Crippen LogP contribution in [0.3, 0.4) is 0 Å². The van der Waals surface area contributed by atoms with Crippen LogP contribution in [0.4, 0.5) is 0 Å². The number of fused-ring (bicyclic) bond motifs is 4. The second-order valence-corrected chi connectivity index (χ2v) is 14.5. The smallest absolute Gasteiger partial charge is 0.335 e. The summed E-state index contributed by atoms with van der Waals surface area (Å²) in [5.74, 6) is -3.64. The van der Waals surface area contributed by atoms with Crippen molar-refractivity contribution in [3.05, 3.63) is 155 Å². The van der Waals surface area contributed by atoms with E-state index in [0.29, 0.717) is 22.6 Å². The monoisotopic (exact) mass is 786 g/mol.